The van der Waals surface area contributed by atoms with E-state index in [1.807, 2.05) is 98.8 Å². The predicted molar refractivity (Wildman–Crippen MR) is 397 cm³/mol. The molecule has 0 N–H and O–H groups in total. The number of carbonyl (C=O) groups is 4. The van der Waals surface area contributed by atoms with Gasteiger partial charge in [0.15, 0.2) is 46.0 Å². The molecule has 2 aliphatic rings. The van der Waals surface area contributed by atoms with Gasteiger partial charge in [0, 0.05) is 39.3 Å². The lowest BCUT2D eigenvalue weighted by atomic mass is 9.90. The highest BCUT2D eigenvalue weighted by Gasteiger charge is 2.45. The van der Waals surface area contributed by atoms with Crippen molar-refractivity contribution in [2.24, 2.45) is 0 Å². The average molecular weight is 1440 g/mol. The molecule has 2 saturated heterocycles. The Morgan fingerprint density at radius 2 is 0.893 bits per heavy atom. The molecule has 0 aromatic heterocycles. The fourth-order valence-corrected chi connectivity index (χ4v) is 13.7. The molecule has 2 heterocycles. The summed E-state index contributed by atoms with van der Waals surface area (Å²) in [4.78, 5) is 66.9. The number of nitrogens with zero attached hydrogens (tertiary/aromatic N) is 4. The molecule has 2 fully saturated rings. The van der Waals surface area contributed by atoms with Crippen molar-refractivity contribution < 1.29 is 85.5 Å². The highest BCUT2D eigenvalue weighted by Crippen LogP contribution is 2.47. The van der Waals surface area contributed by atoms with Gasteiger partial charge in [0.25, 0.3) is 0 Å². The molecule has 6 aromatic carbocycles. The summed E-state index contributed by atoms with van der Waals surface area (Å²) in [6.45, 7) is 8.16. The van der Waals surface area contributed by atoms with Gasteiger partial charge < -0.3 is 85.9 Å². The van der Waals surface area contributed by atoms with E-state index in [0.717, 1.165) is 54.6 Å². The number of ether oxygens (including phenoxy) is 14. The Labute approximate surface area is 613 Å². The molecule has 0 unspecified atom stereocenters. The molecule has 22 nitrogen and oxygen atoms in total. The third-order valence-electron chi connectivity index (χ3n) is 19.5. The number of amides is 2. The minimum absolute atomic E-state index is 0.168. The number of esters is 2. The van der Waals surface area contributed by atoms with Gasteiger partial charge in [-0.3, -0.25) is 9.59 Å². The SMILES string of the molecule is CC[C@H](C(=O)N1CCCC[C@H]1C(=O)O[C@H](CCc1ccc(OC)c(OC)c1)c1cccc(OCCN(C)CCN(C)CCOc2cccc([C@@H](CCc3ccc(OC)c(OC)c3)OC(=O)[C@@H]3CCCCN3C(=O)[C@](S)(CC)c3cc(OC)c(OC)c(OC)c3)c2)c1)c1cc(OC)c(OC)c(OC)c1. The summed E-state index contributed by atoms with van der Waals surface area (Å²) in [6, 6.07) is 32.3. The summed E-state index contributed by atoms with van der Waals surface area (Å²) < 4.78 is 80.7. The Morgan fingerprint density at radius 1 is 0.476 bits per heavy atom. The molecule has 8 rings (SSSR count). The second-order valence-corrected chi connectivity index (χ2v) is 26.6. The zero-order valence-electron chi connectivity index (χ0n) is 62.5. The Bertz CT molecular complexity index is 3710. The van der Waals surface area contributed by atoms with E-state index in [4.69, 9.17) is 78.9 Å². The van der Waals surface area contributed by atoms with E-state index < -0.39 is 46.9 Å². The van der Waals surface area contributed by atoms with E-state index in [-0.39, 0.29) is 11.8 Å². The lowest BCUT2D eigenvalue weighted by molar-refractivity contribution is -0.163. The van der Waals surface area contributed by atoms with Gasteiger partial charge in [-0.2, -0.15) is 12.6 Å². The number of hydrogen-bond donors (Lipinski definition) is 1. The zero-order valence-corrected chi connectivity index (χ0v) is 63.4. The van der Waals surface area contributed by atoms with Gasteiger partial charge in [0.05, 0.1) is 77.0 Å². The molecule has 0 aliphatic carbocycles. The van der Waals surface area contributed by atoms with Crippen molar-refractivity contribution in [2.45, 2.75) is 126 Å². The molecule has 6 aromatic rings. The largest absolute Gasteiger partial charge is 0.493 e. The molecule has 0 saturated carbocycles. The first-order chi connectivity index (χ1) is 49.9. The monoisotopic (exact) mass is 1440 g/mol. The first-order valence-electron chi connectivity index (χ1n) is 35.5. The molecule has 0 spiro atoms. The first kappa shape index (κ1) is 79.8. The molecule has 2 amide bonds. The van der Waals surface area contributed by atoms with Crippen molar-refractivity contribution in [3.63, 3.8) is 0 Å². The number of methoxy groups -OCH3 is 10. The third-order valence-corrected chi connectivity index (χ3v) is 20.3. The van der Waals surface area contributed by atoms with Crippen LogP contribution in [0.2, 0.25) is 0 Å². The maximum absolute atomic E-state index is 14.9. The van der Waals surface area contributed by atoms with Crippen molar-refractivity contribution in [2.75, 3.05) is 138 Å². The van der Waals surface area contributed by atoms with Crippen LogP contribution in [0, 0.1) is 0 Å². The van der Waals surface area contributed by atoms with E-state index in [0.29, 0.717) is 177 Å². The first-order valence-corrected chi connectivity index (χ1v) is 35.9. The van der Waals surface area contributed by atoms with Crippen molar-refractivity contribution in [1.82, 2.24) is 19.6 Å². The van der Waals surface area contributed by atoms with Gasteiger partial charge in [-0.15, -0.1) is 0 Å². The van der Waals surface area contributed by atoms with Gasteiger partial charge >= 0.3 is 11.9 Å². The van der Waals surface area contributed by atoms with Crippen LogP contribution >= 0.6 is 12.6 Å². The number of aryl methyl sites for hydroxylation is 2. The van der Waals surface area contributed by atoms with Crippen LogP contribution < -0.4 is 56.8 Å². The van der Waals surface area contributed by atoms with Crippen LogP contribution in [0.3, 0.4) is 0 Å². The summed E-state index contributed by atoms with van der Waals surface area (Å²) >= 11 is 5.09. The Hall–Kier alpha value is -8.93. The molecular formula is C80H106N4O18S. The lowest BCUT2D eigenvalue weighted by Gasteiger charge is -2.40. The highest BCUT2D eigenvalue weighted by molar-refractivity contribution is 7.82. The van der Waals surface area contributed by atoms with E-state index in [2.05, 4.69) is 23.9 Å². The van der Waals surface area contributed by atoms with Gasteiger partial charge in [0.1, 0.15) is 53.8 Å². The van der Waals surface area contributed by atoms with E-state index >= 15 is 0 Å². The molecule has 23 heteroatoms. The molecule has 560 valence electrons. The van der Waals surface area contributed by atoms with Gasteiger partial charge in [0.2, 0.25) is 23.3 Å². The minimum atomic E-state index is -1.35. The highest BCUT2D eigenvalue weighted by atomic mass is 32.1. The quantitative estimate of drug-likeness (QED) is 0.0281. The summed E-state index contributed by atoms with van der Waals surface area (Å²) in [7, 11) is 19.7. The molecule has 103 heavy (non-hydrogen) atoms. The second kappa shape index (κ2) is 39.1. The molecular weight excluding hydrogens is 1340 g/mol. The Kier molecular flexibility index (Phi) is 30.3. The van der Waals surface area contributed by atoms with Crippen molar-refractivity contribution in [3.05, 3.63) is 143 Å². The topological polar surface area (TPSA) is 210 Å². The van der Waals surface area contributed by atoms with E-state index in [1.165, 1.54) is 28.4 Å². The number of thiol groups is 1. The maximum atomic E-state index is 14.9. The number of likely N-dealkylation sites (N-methyl/N-ethyl adjacent to an activating group) is 2. The lowest BCUT2D eigenvalue weighted by Crippen LogP contribution is -2.54. The molecule has 0 radical (unpaired) electrons. The molecule has 0 bridgehead atoms. The van der Waals surface area contributed by atoms with Crippen LogP contribution in [-0.2, 0) is 46.2 Å². The molecule has 6 atom stereocenters. The van der Waals surface area contributed by atoms with Crippen LogP contribution in [0.1, 0.15) is 130 Å². The predicted octanol–water partition coefficient (Wildman–Crippen LogP) is 12.7. The van der Waals surface area contributed by atoms with Gasteiger partial charge in [-0.1, -0.05) is 50.2 Å². The maximum Gasteiger partial charge on any atom is 0.329 e. The average Bonchev–Trinajstić information content (AvgIpc) is 0.773. The van der Waals surface area contributed by atoms with Crippen molar-refractivity contribution >= 4 is 36.4 Å². The Morgan fingerprint density at radius 3 is 1.30 bits per heavy atom. The normalized spacial score (nSPS) is 15.9. The number of carbonyl (C=O) groups excluding carboxylic acids is 4. The van der Waals surface area contributed by atoms with Crippen molar-refractivity contribution in [1.29, 1.82) is 0 Å². The number of likely N-dealkylation sites (tertiary alicyclic amines) is 2. The minimum Gasteiger partial charge on any atom is -0.493 e. The second-order valence-electron chi connectivity index (χ2n) is 25.9. The summed E-state index contributed by atoms with van der Waals surface area (Å²) in [6.07, 6.45) is 5.19. The number of benzene rings is 6. The zero-order chi connectivity index (χ0) is 74.2. The summed E-state index contributed by atoms with van der Waals surface area (Å²) in [5, 5.41) is 0. The number of piperidine rings is 2. The third kappa shape index (κ3) is 20.3. The van der Waals surface area contributed by atoms with E-state index in [1.54, 1.807) is 76.7 Å². The number of hydrogen-bond acceptors (Lipinski definition) is 21. The Balaban J connectivity index is 0.890. The fourth-order valence-electron chi connectivity index (χ4n) is 13.5. The molecule has 2 aliphatic heterocycles. The van der Waals surface area contributed by atoms with E-state index in [9.17, 15) is 19.2 Å². The van der Waals surface area contributed by atoms with Crippen LogP contribution in [0.4, 0.5) is 0 Å². The van der Waals surface area contributed by atoms with Gasteiger partial charge in [-0.25, -0.2) is 9.59 Å². The number of rotatable bonds is 39. The van der Waals surface area contributed by atoms with Crippen LogP contribution in [-0.4, -0.2) is 193 Å². The van der Waals surface area contributed by atoms with Crippen LogP contribution in [0.15, 0.2) is 109 Å². The fraction of sp³-hybridized carbons (Fsp3) is 0.500. The van der Waals surface area contributed by atoms with Crippen LogP contribution in [0.25, 0.3) is 0 Å². The standard InChI is InChI=1S/C80H106N4O18S/c1-15-61(57-49-70(93-9)74(97-13)71(50-57)94-10)76(85)83-37-19-17-27-62(83)77(86)101-64(33-29-53-31-35-66(89-5)68(45-53)91-7)55-23-21-25-59(47-55)99-43-41-81(3)39-40-82(4)42-44-100-60-26-22-24-56(48-60)65(34-30-54-32-36-67(90-6)69(46-54)92-8)102-78(87)63-28-18-20-38-84(63)79(88)80(103,16-2)58-51-72(95-11)75(98-14)73(52-58)96-12/h21-26,31-32,35-36,45-52,61-65,103H,15-20,27-30,33-34,37-44H2,1-14H3/t61-,62-,63-,64+,65+,80-/m0/s1. The summed E-state index contributed by atoms with van der Waals surface area (Å²) in [5.74, 6) is 4.11. The van der Waals surface area contributed by atoms with Crippen molar-refractivity contribution in [3.8, 4) is 69.0 Å². The summed E-state index contributed by atoms with van der Waals surface area (Å²) in [5.41, 5.74) is 4.69. The smallest absolute Gasteiger partial charge is 0.329 e. The van der Waals surface area contributed by atoms with Crippen LogP contribution in [0.5, 0.6) is 69.0 Å². The van der Waals surface area contributed by atoms with Gasteiger partial charge in [-0.05, 0) is 197 Å².